The summed E-state index contributed by atoms with van der Waals surface area (Å²) < 4.78 is 12.0. The minimum absolute atomic E-state index is 0.00875. The van der Waals surface area contributed by atoms with Crippen molar-refractivity contribution >= 4 is 11.8 Å². The second-order valence-corrected chi connectivity index (χ2v) is 9.10. The second kappa shape index (κ2) is 6.59. The quantitative estimate of drug-likeness (QED) is 0.581. The molecule has 3 heterocycles. The molecular formula is C23H26N2O4. The Bertz CT molecular complexity index is 853. The van der Waals surface area contributed by atoms with Crippen LogP contribution in [0, 0.1) is 23.7 Å². The van der Waals surface area contributed by atoms with Gasteiger partial charge in [0.05, 0.1) is 17.9 Å². The van der Waals surface area contributed by atoms with Gasteiger partial charge in [-0.3, -0.25) is 19.4 Å². The lowest BCUT2D eigenvalue weighted by Crippen LogP contribution is -2.53. The first kappa shape index (κ1) is 17.5. The molecule has 2 aliphatic carbocycles. The van der Waals surface area contributed by atoms with E-state index in [1.165, 1.54) is 0 Å². The smallest absolute Gasteiger partial charge is 0.234 e. The van der Waals surface area contributed by atoms with Crippen LogP contribution in [0.3, 0.4) is 0 Å². The van der Waals surface area contributed by atoms with Crippen LogP contribution in [0.2, 0.25) is 0 Å². The van der Waals surface area contributed by atoms with Crippen LogP contribution in [0.15, 0.2) is 36.4 Å². The number of para-hydroxylation sites is 2. The molecule has 6 unspecified atom stereocenters. The SMILES string of the molecule is O=C1C2C3C=CC(C3)C2C(=O)N1C1CCCN(CC2COc3ccccc3O2)C1. The van der Waals surface area contributed by atoms with Gasteiger partial charge in [0.1, 0.15) is 12.7 Å². The lowest BCUT2D eigenvalue weighted by Gasteiger charge is -2.39. The predicted octanol–water partition coefficient (Wildman–Crippen LogP) is 2.10. The Labute approximate surface area is 170 Å². The molecule has 1 aromatic carbocycles. The molecule has 6 heteroatoms. The highest BCUT2D eigenvalue weighted by atomic mass is 16.6. The van der Waals surface area contributed by atoms with Crippen molar-refractivity contribution in [3.8, 4) is 11.5 Å². The number of piperidine rings is 1. The molecule has 5 aliphatic rings. The average molecular weight is 394 g/mol. The third-order valence-corrected chi connectivity index (χ3v) is 7.38. The molecule has 0 spiro atoms. The Morgan fingerprint density at radius 1 is 1.00 bits per heavy atom. The van der Waals surface area contributed by atoms with Gasteiger partial charge < -0.3 is 9.47 Å². The van der Waals surface area contributed by atoms with Crippen molar-refractivity contribution in [1.29, 1.82) is 0 Å². The Kier molecular flexibility index (Phi) is 3.98. The van der Waals surface area contributed by atoms with Crippen molar-refractivity contribution in [2.45, 2.75) is 31.4 Å². The summed E-state index contributed by atoms with van der Waals surface area (Å²) >= 11 is 0. The van der Waals surface area contributed by atoms with E-state index in [4.69, 9.17) is 9.47 Å². The first-order valence-electron chi connectivity index (χ1n) is 10.8. The molecule has 2 bridgehead atoms. The van der Waals surface area contributed by atoms with E-state index in [1.807, 2.05) is 24.3 Å². The summed E-state index contributed by atoms with van der Waals surface area (Å²) in [4.78, 5) is 30.2. The van der Waals surface area contributed by atoms with Gasteiger partial charge in [0.15, 0.2) is 11.5 Å². The van der Waals surface area contributed by atoms with Gasteiger partial charge in [0.25, 0.3) is 0 Å². The summed E-state index contributed by atoms with van der Waals surface area (Å²) in [7, 11) is 0. The van der Waals surface area contributed by atoms with E-state index in [0.717, 1.165) is 50.4 Å². The van der Waals surface area contributed by atoms with Gasteiger partial charge in [0.2, 0.25) is 11.8 Å². The van der Waals surface area contributed by atoms with Gasteiger partial charge in [-0.25, -0.2) is 0 Å². The number of amides is 2. The number of allylic oxidation sites excluding steroid dienone is 2. The third-order valence-electron chi connectivity index (χ3n) is 7.38. The Morgan fingerprint density at radius 3 is 2.48 bits per heavy atom. The molecular weight excluding hydrogens is 368 g/mol. The predicted molar refractivity (Wildman–Crippen MR) is 105 cm³/mol. The molecule has 2 saturated heterocycles. The zero-order chi connectivity index (χ0) is 19.5. The van der Waals surface area contributed by atoms with Crippen LogP contribution in [0.1, 0.15) is 19.3 Å². The average Bonchev–Trinajstić information content (AvgIpc) is 3.42. The van der Waals surface area contributed by atoms with Gasteiger partial charge in [-0.05, 0) is 49.8 Å². The van der Waals surface area contributed by atoms with Gasteiger partial charge in [-0.15, -0.1) is 0 Å². The molecule has 3 fully saturated rings. The summed E-state index contributed by atoms with van der Waals surface area (Å²) in [5.74, 6) is 2.10. The number of imide groups is 1. The fourth-order valence-electron chi connectivity index (χ4n) is 6.13. The standard InChI is InChI=1S/C23H26N2O4/c26-22-20-14-7-8-15(10-14)21(20)23(27)25(22)16-4-3-9-24(11-16)12-17-13-28-18-5-1-2-6-19(18)29-17/h1-2,5-8,14-17,20-21H,3-4,9-13H2. The number of hydrogen-bond acceptors (Lipinski definition) is 5. The van der Waals surface area contributed by atoms with E-state index in [1.54, 1.807) is 4.90 Å². The fraction of sp³-hybridized carbons (Fsp3) is 0.565. The van der Waals surface area contributed by atoms with Crippen molar-refractivity contribution in [3.63, 3.8) is 0 Å². The molecule has 0 aromatic heterocycles. The molecule has 2 amide bonds. The molecule has 3 aliphatic heterocycles. The number of hydrogen-bond donors (Lipinski definition) is 0. The Morgan fingerprint density at radius 2 is 1.72 bits per heavy atom. The van der Waals surface area contributed by atoms with Crippen molar-refractivity contribution in [2.75, 3.05) is 26.2 Å². The van der Waals surface area contributed by atoms with Gasteiger partial charge in [-0.2, -0.15) is 0 Å². The number of carbonyl (C=O) groups excluding carboxylic acids is 2. The van der Waals surface area contributed by atoms with Crippen molar-refractivity contribution in [1.82, 2.24) is 9.80 Å². The van der Waals surface area contributed by atoms with E-state index in [2.05, 4.69) is 17.1 Å². The molecule has 6 rings (SSSR count). The number of nitrogens with zero attached hydrogens (tertiary/aromatic N) is 2. The van der Waals surface area contributed by atoms with E-state index in [9.17, 15) is 9.59 Å². The number of benzene rings is 1. The molecule has 6 nitrogen and oxygen atoms in total. The van der Waals surface area contributed by atoms with Gasteiger partial charge in [-0.1, -0.05) is 24.3 Å². The molecule has 6 atom stereocenters. The molecule has 152 valence electrons. The maximum absolute atomic E-state index is 13.1. The van der Waals surface area contributed by atoms with Crippen LogP contribution >= 0.6 is 0 Å². The van der Waals surface area contributed by atoms with E-state index < -0.39 is 0 Å². The second-order valence-electron chi connectivity index (χ2n) is 9.10. The molecule has 0 radical (unpaired) electrons. The maximum atomic E-state index is 13.1. The number of ether oxygens (including phenoxy) is 2. The van der Waals surface area contributed by atoms with Crippen LogP contribution in [0.5, 0.6) is 11.5 Å². The largest absolute Gasteiger partial charge is 0.486 e. The monoisotopic (exact) mass is 394 g/mol. The minimum atomic E-state index is -0.0977. The molecule has 1 aromatic rings. The first-order chi connectivity index (χ1) is 14.2. The highest BCUT2D eigenvalue weighted by molar-refractivity contribution is 6.06. The summed E-state index contributed by atoms with van der Waals surface area (Å²) in [6.45, 7) is 2.98. The fourth-order valence-corrected chi connectivity index (χ4v) is 6.13. The lowest BCUT2D eigenvalue weighted by atomic mass is 9.85. The Hall–Kier alpha value is -2.34. The number of fused-ring (bicyclic) bond motifs is 6. The van der Waals surface area contributed by atoms with Crippen LogP contribution < -0.4 is 9.47 Å². The summed E-state index contributed by atoms with van der Waals surface area (Å²) in [6.07, 6.45) is 7.16. The van der Waals surface area contributed by atoms with Gasteiger partial charge in [0, 0.05) is 13.1 Å². The highest BCUT2D eigenvalue weighted by Gasteiger charge is 2.60. The minimum Gasteiger partial charge on any atom is -0.486 e. The maximum Gasteiger partial charge on any atom is 0.234 e. The number of rotatable bonds is 3. The topological polar surface area (TPSA) is 59.1 Å². The molecule has 1 saturated carbocycles. The van der Waals surface area contributed by atoms with Crippen LogP contribution in [0.25, 0.3) is 0 Å². The highest BCUT2D eigenvalue weighted by Crippen LogP contribution is 2.53. The van der Waals surface area contributed by atoms with Crippen molar-refractivity contribution in [3.05, 3.63) is 36.4 Å². The number of carbonyl (C=O) groups is 2. The summed E-state index contributed by atoms with van der Waals surface area (Å²) in [6, 6.07) is 7.74. The number of likely N-dealkylation sites (tertiary alicyclic amines) is 2. The normalized spacial score (nSPS) is 38.0. The van der Waals surface area contributed by atoms with Crippen molar-refractivity contribution in [2.24, 2.45) is 23.7 Å². The zero-order valence-electron chi connectivity index (χ0n) is 16.4. The Balaban J connectivity index is 1.13. The van der Waals surface area contributed by atoms with Crippen molar-refractivity contribution < 1.29 is 19.1 Å². The van der Waals surface area contributed by atoms with E-state index in [-0.39, 0.29) is 47.6 Å². The van der Waals surface area contributed by atoms with Crippen LogP contribution in [-0.4, -0.2) is 60.0 Å². The zero-order valence-corrected chi connectivity index (χ0v) is 16.4. The summed E-state index contributed by atoms with van der Waals surface area (Å²) in [5, 5.41) is 0. The summed E-state index contributed by atoms with van der Waals surface area (Å²) in [5.41, 5.74) is 0. The van der Waals surface area contributed by atoms with E-state index in [0.29, 0.717) is 6.61 Å². The van der Waals surface area contributed by atoms with Gasteiger partial charge >= 0.3 is 0 Å². The molecule has 0 N–H and O–H groups in total. The van der Waals surface area contributed by atoms with E-state index >= 15 is 0 Å². The van der Waals surface area contributed by atoms with Crippen LogP contribution in [-0.2, 0) is 9.59 Å². The van der Waals surface area contributed by atoms with Crippen LogP contribution in [0.4, 0.5) is 0 Å². The third kappa shape index (κ3) is 2.72. The molecule has 29 heavy (non-hydrogen) atoms. The first-order valence-corrected chi connectivity index (χ1v) is 10.8. The lowest BCUT2D eigenvalue weighted by molar-refractivity contribution is -0.144.